The molecule has 1 fully saturated rings. The zero-order valence-corrected chi connectivity index (χ0v) is 18.5. The fourth-order valence-corrected chi connectivity index (χ4v) is 3.92. The van der Waals surface area contributed by atoms with Crippen LogP contribution in [0.4, 0.5) is 0 Å². The van der Waals surface area contributed by atoms with Crippen molar-refractivity contribution in [1.82, 2.24) is 10.2 Å². The molecule has 32 heavy (non-hydrogen) atoms. The van der Waals surface area contributed by atoms with E-state index in [1.807, 2.05) is 66.7 Å². The van der Waals surface area contributed by atoms with E-state index in [1.165, 1.54) is 0 Å². The maximum atomic E-state index is 12.5. The van der Waals surface area contributed by atoms with Crippen LogP contribution >= 0.6 is 0 Å². The maximum absolute atomic E-state index is 12.5. The zero-order valence-electron chi connectivity index (χ0n) is 18.5. The highest BCUT2D eigenvalue weighted by Gasteiger charge is 2.22. The van der Waals surface area contributed by atoms with Crippen molar-refractivity contribution in [2.24, 2.45) is 0 Å². The number of rotatable bonds is 9. The predicted octanol–water partition coefficient (Wildman–Crippen LogP) is 4.40. The smallest absolute Gasteiger partial charge is 0.251 e. The Morgan fingerprint density at radius 2 is 1.81 bits per heavy atom. The molecular formula is C26H30N2O4. The van der Waals surface area contributed by atoms with E-state index in [0.29, 0.717) is 18.7 Å². The highest BCUT2D eigenvalue weighted by Crippen LogP contribution is 2.22. The van der Waals surface area contributed by atoms with Crippen LogP contribution in [0.5, 0.6) is 5.75 Å². The third-order valence-electron chi connectivity index (χ3n) is 5.61. The molecule has 2 aromatic carbocycles. The Bertz CT molecular complexity index is 994. The maximum Gasteiger partial charge on any atom is 0.251 e. The quantitative estimate of drug-likeness (QED) is 0.541. The van der Waals surface area contributed by atoms with Crippen molar-refractivity contribution in [2.75, 3.05) is 20.2 Å². The van der Waals surface area contributed by atoms with E-state index in [9.17, 15) is 4.79 Å². The summed E-state index contributed by atoms with van der Waals surface area (Å²) in [5.74, 6) is 2.46. The molecule has 0 unspecified atom stereocenters. The van der Waals surface area contributed by atoms with Gasteiger partial charge in [-0.3, -0.25) is 9.69 Å². The van der Waals surface area contributed by atoms with Crippen LogP contribution in [0.2, 0.25) is 0 Å². The van der Waals surface area contributed by atoms with Crippen molar-refractivity contribution < 1.29 is 18.7 Å². The summed E-state index contributed by atoms with van der Waals surface area (Å²) in [6.45, 7) is 3.70. The number of hydrogen-bond acceptors (Lipinski definition) is 5. The minimum Gasteiger partial charge on any atom is -0.490 e. The van der Waals surface area contributed by atoms with Crippen LogP contribution in [0, 0.1) is 0 Å². The fraction of sp³-hybridized carbons (Fsp3) is 0.346. The van der Waals surface area contributed by atoms with Gasteiger partial charge in [-0.05, 0) is 48.7 Å². The molecule has 0 bridgehead atoms. The van der Waals surface area contributed by atoms with Crippen molar-refractivity contribution >= 4 is 5.91 Å². The number of methoxy groups -OCH3 is 1. The van der Waals surface area contributed by atoms with Gasteiger partial charge in [0.2, 0.25) is 0 Å². The molecule has 0 saturated carbocycles. The van der Waals surface area contributed by atoms with E-state index >= 15 is 0 Å². The Morgan fingerprint density at radius 1 is 1.03 bits per heavy atom. The third kappa shape index (κ3) is 6.22. The van der Waals surface area contributed by atoms with Crippen LogP contribution in [0.3, 0.4) is 0 Å². The van der Waals surface area contributed by atoms with E-state index in [0.717, 1.165) is 55.3 Å². The van der Waals surface area contributed by atoms with E-state index in [2.05, 4.69) is 10.2 Å². The summed E-state index contributed by atoms with van der Waals surface area (Å²) in [6, 6.07) is 21.3. The Morgan fingerprint density at radius 3 is 2.59 bits per heavy atom. The molecule has 6 nitrogen and oxygen atoms in total. The van der Waals surface area contributed by atoms with Crippen LogP contribution < -0.4 is 10.1 Å². The number of likely N-dealkylation sites (tertiary alicyclic amines) is 1. The van der Waals surface area contributed by atoms with Crippen molar-refractivity contribution in [3.8, 4) is 5.75 Å². The second-order valence-corrected chi connectivity index (χ2v) is 8.09. The average molecular weight is 435 g/mol. The van der Waals surface area contributed by atoms with Gasteiger partial charge in [0, 0.05) is 32.3 Å². The Kier molecular flexibility index (Phi) is 7.59. The molecule has 1 aliphatic rings. The van der Waals surface area contributed by atoms with Gasteiger partial charge in [-0.15, -0.1) is 0 Å². The van der Waals surface area contributed by atoms with Crippen LogP contribution in [0.25, 0.3) is 0 Å². The minimum absolute atomic E-state index is 0.0968. The summed E-state index contributed by atoms with van der Waals surface area (Å²) in [4.78, 5) is 14.9. The molecule has 1 aromatic heterocycles. The fourth-order valence-electron chi connectivity index (χ4n) is 3.92. The number of nitrogens with one attached hydrogen (secondary N) is 1. The van der Waals surface area contributed by atoms with Gasteiger partial charge in [-0.1, -0.05) is 36.4 Å². The lowest BCUT2D eigenvalue weighted by Gasteiger charge is -2.31. The Labute approximate surface area is 189 Å². The third-order valence-corrected chi connectivity index (χ3v) is 5.61. The summed E-state index contributed by atoms with van der Waals surface area (Å²) in [7, 11) is 1.67. The van der Waals surface area contributed by atoms with Gasteiger partial charge in [0.25, 0.3) is 5.91 Å². The van der Waals surface area contributed by atoms with Gasteiger partial charge >= 0.3 is 0 Å². The van der Waals surface area contributed by atoms with Gasteiger partial charge < -0.3 is 19.2 Å². The molecule has 2 heterocycles. The van der Waals surface area contributed by atoms with Crippen LogP contribution in [0.1, 0.15) is 40.3 Å². The number of piperidine rings is 1. The molecule has 0 atom stereocenters. The molecule has 3 aromatic rings. The lowest BCUT2D eigenvalue weighted by atomic mass is 10.1. The van der Waals surface area contributed by atoms with Gasteiger partial charge in [-0.25, -0.2) is 0 Å². The van der Waals surface area contributed by atoms with Crippen molar-refractivity contribution in [1.29, 1.82) is 0 Å². The zero-order chi connectivity index (χ0) is 22.2. The molecular weight excluding hydrogens is 404 g/mol. The number of hydrogen-bond donors (Lipinski definition) is 1. The Hall–Kier alpha value is -3.09. The molecule has 1 aliphatic heterocycles. The second kappa shape index (κ2) is 11.0. The van der Waals surface area contributed by atoms with E-state index < -0.39 is 0 Å². The van der Waals surface area contributed by atoms with Crippen molar-refractivity contribution in [3.63, 3.8) is 0 Å². The number of furan rings is 1. The van der Waals surface area contributed by atoms with E-state index in [1.54, 1.807) is 7.11 Å². The Balaban J connectivity index is 1.24. The molecule has 0 radical (unpaired) electrons. The van der Waals surface area contributed by atoms with E-state index in [4.69, 9.17) is 13.9 Å². The lowest BCUT2D eigenvalue weighted by Crippen LogP contribution is -2.37. The second-order valence-electron chi connectivity index (χ2n) is 8.09. The largest absolute Gasteiger partial charge is 0.490 e. The first-order valence-corrected chi connectivity index (χ1v) is 11.1. The first-order valence-electron chi connectivity index (χ1n) is 11.1. The van der Waals surface area contributed by atoms with Crippen LogP contribution in [-0.4, -0.2) is 37.1 Å². The average Bonchev–Trinajstić information content (AvgIpc) is 3.27. The number of carbonyl (C=O) groups is 1. The molecule has 0 spiro atoms. The topological polar surface area (TPSA) is 63.9 Å². The lowest BCUT2D eigenvalue weighted by molar-refractivity contribution is 0.0905. The summed E-state index contributed by atoms with van der Waals surface area (Å²) < 4.78 is 17.1. The molecule has 1 saturated heterocycles. The summed E-state index contributed by atoms with van der Waals surface area (Å²) in [5, 5.41) is 2.97. The van der Waals surface area contributed by atoms with Gasteiger partial charge in [-0.2, -0.15) is 0 Å². The summed E-state index contributed by atoms with van der Waals surface area (Å²) >= 11 is 0. The molecule has 1 amide bonds. The van der Waals surface area contributed by atoms with Crippen molar-refractivity contribution in [2.45, 2.75) is 38.6 Å². The predicted molar refractivity (Wildman–Crippen MR) is 122 cm³/mol. The molecule has 6 heteroatoms. The van der Waals surface area contributed by atoms with Gasteiger partial charge in [0.05, 0.1) is 6.54 Å². The highest BCUT2D eigenvalue weighted by atomic mass is 16.5. The summed E-state index contributed by atoms with van der Waals surface area (Å²) in [6.07, 6.45) is 2.03. The molecule has 168 valence electrons. The first-order chi connectivity index (χ1) is 15.7. The van der Waals surface area contributed by atoms with Gasteiger partial charge in [0.15, 0.2) is 0 Å². The molecule has 0 aliphatic carbocycles. The first kappa shape index (κ1) is 22.1. The SMILES string of the molecule is COCc1ccc(CN2CCC(Oc3cccc(C(=O)NCc4ccccc4)c3)CC2)o1. The highest BCUT2D eigenvalue weighted by molar-refractivity contribution is 5.94. The van der Waals surface area contributed by atoms with Gasteiger partial charge in [0.1, 0.15) is 30.0 Å². The van der Waals surface area contributed by atoms with Crippen LogP contribution in [0.15, 0.2) is 71.1 Å². The number of benzene rings is 2. The van der Waals surface area contributed by atoms with E-state index in [-0.39, 0.29) is 12.0 Å². The number of carbonyl (C=O) groups excluding carboxylic acids is 1. The number of amides is 1. The number of nitrogens with zero attached hydrogens (tertiary/aromatic N) is 1. The number of ether oxygens (including phenoxy) is 2. The monoisotopic (exact) mass is 434 g/mol. The van der Waals surface area contributed by atoms with Crippen molar-refractivity contribution in [3.05, 3.63) is 89.4 Å². The normalized spacial score (nSPS) is 14.9. The minimum atomic E-state index is -0.0968. The molecule has 4 rings (SSSR count). The molecule has 1 N–H and O–H groups in total. The standard InChI is InChI=1S/C26H30N2O4/c1-30-19-25-11-10-24(32-25)18-28-14-12-22(13-15-28)31-23-9-5-8-21(16-23)26(29)27-17-20-6-3-2-4-7-20/h2-11,16,22H,12-15,17-19H2,1H3,(H,27,29). The van der Waals surface area contributed by atoms with Crippen LogP contribution in [-0.2, 0) is 24.4 Å². The summed E-state index contributed by atoms with van der Waals surface area (Å²) in [5.41, 5.74) is 1.69.